The molecular formula is C21H16F3N4O2S-. The summed E-state index contributed by atoms with van der Waals surface area (Å²) in [6.07, 6.45) is -4.62. The van der Waals surface area contributed by atoms with E-state index < -0.39 is 23.0 Å². The fourth-order valence-electron chi connectivity index (χ4n) is 3.40. The highest BCUT2D eigenvalue weighted by Crippen LogP contribution is 2.40. The molecule has 1 unspecified atom stereocenters. The smallest absolute Gasteiger partial charge is 0.417 e. The van der Waals surface area contributed by atoms with Crippen molar-refractivity contribution < 1.29 is 21.9 Å². The van der Waals surface area contributed by atoms with E-state index in [1.807, 2.05) is 0 Å². The van der Waals surface area contributed by atoms with Crippen LogP contribution < -0.4 is 4.72 Å². The number of aryl methyl sites for hydroxylation is 1. The molecule has 0 saturated heterocycles. The van der Waals surface area contributed by atoms with Gasteiger partial charge in [-0.05, 0) is 17.7 Å². The van der Waals surface area contributed by atoms with Crippen LogP contribution in [0.1, 0.15) is 11.1 Å². The zero-order valence-corrected chi connectivity index (χ0v) is 17.0. The molecule has 4 rings (SSSR count). The van der Waals surface area contributed by atoms with Crippen molar-refractivity contribution in [1.29, 1.82) is 0 Å². The highest BCUT2D eigenvalue weighted by Gasteiger charge is 2.36. The van der Waals surface area contributed by atoms with Crippen LogP contribution in [-0.2, 0) is 31.0 Å². The van der Waals surface area contributed by atoms with E-state index in [4.69, 9.17) is 0 Å². The molecule has 160 valence electrons. The van der Waals surface area contributed by atoms with Gasteiger partial charge in [0.05, 0.1) is 16.6 Å². The second kappa shape index (κ2) is 8.22. The lowest BCUT2D eigenvalue weighted by atomic mass is 10.0. The number of fused-ring (bicyclic) bond motifs is 1. The molecule has 1 atom stereocenters. The maximum atomic E-state index is 14.1. The Balaban J connectivity index is 1.91. The molecular weight excluding hydrogens is 429 g/mol. The number of hydrogen-bond donors (Lipinski definition) is 1. The van der Waals surface area contributed by atoms with E-state index >= 15 is 0 Å². The first-order valence-electron chi connectivity index (χ1n) is 9.16. The number of halogens is 3. The Hall–Kier alpha value is -3.08. The molecule has 1 N–H and O–H groups in total. The van der Waals surface area contributed by atoms with Gasteiger partial charge >= 0.3 is 6.18 Å². The summed E-state index contributed by atoms with van der Waals surface area (Å²) in [5, 5.41) is 4.25. The average molecular weight is 445 g/mol. The number of alkyl halides is 3. The van der Waals surface area contributed by atoms with Gasteiger partial charge in [0.2, 0.25) is 0 Å². The topological polar surface area (TPSA) is 82.9 Å². The third-order valence-corrected chi connectivity index (χ3v) is 5.14. The van der Waals surface area contributed by atoms with Crippen LogP contribution in [0.15, 0.2) is 60.7 Å². The second-order valence-corrected chi connectivity index (χ2v) is 7.60. The highest BCUT2D eigenvalue weighted by atomic mass is 32.2. The van der Waals surface area contributed by atoms with Gasteiger partial charge in [0.15, 0.2) is 5.65 Å². The van der Waals surface area contributed by atoms with Crippen molar-refractivity contribution in [2.45, 2.75) is 12.7 Å². The minimum atomic E-state index is -4.62. The summed E-state index contributed by atoms with van der Waals surface area (Å²) in [6.45, 7) is 0.0161. The summed E-state index contributed by atoms with van der Waals surface area (Å²) in [6, 6.07) is 16.2. The van der Waals surface area contributed by atoms with Crippen LogP contribution in [0.4, 0.5) is 13.2 Å². The Kier molecular flexibility index (Phi) is 5.61. The molecule has 31 heavy (non-hydrogen) atoms. The minimum absolute atomic E-state index is 0.0161. The van der Waals surface area contributed by atoms with Crippen LogP contribution in [0.5, 0.6) is 0 Å². The van der Waals surface area contributed by atoms with E-state index in [-0.39, 0.29) is 29.0 Å². The van der Waals surface area contributed by atoms with Gasteiger partial charge in [-0.1, -0.05) is 48.5 Å². The lowest BCUT2D eigenvalue weighted by Gasteiger charge is -2.13. The number of aromatic nitrogens is 3. The van der Waals surface area contributed by atoms with E-state index in [0.29, 0.717) is 16.7 Å². The van der Waals surface area contributed by atoms with Gasteiger partial charge in [-0.25, -0.2) is 14.4 Å². The molecule has 2 aromatic carbocycles. The molecule has 0 aliphatic rings. The predicted molar refractivity (Wildman–Crippen MR) is 110 cm³/mol. The van der Waals surface area contributed by atoms with Gasteiger partial charge in [0.25, 0.3) is 0 Å². The molecule has 6 nitrogen and oxygen atoms in total. The van der Waals surface area contributed by atoms with Gasteiger partial charge < -0.3 is 4.55 Å². The molecule has 0 fully saturated rings. The SMILES string of the molecule is Cn1nc(-c2ccccc2)c2c(C(F)(F)F)cc(-c3cccc(CNS(=O)[O-])c3)nc21. The summed E-state index contributed by atoms with van der Waals surface area (Å²) in [7, 11) is 1.55. The first-order valence-corrected chi connectivity index (χ1v) is 10.2. The third kappa shape index (κ3) is 4.36. The quantitative estimate of drug-likeness (QED) is 0.467. The van der Waals surface area contributed by atoms with Crippen molar-refractivity contribution in [3.8, 4) is 22.5 Å². The zero-order chi connectivity index (χ0) is 22.2. The van der Waals surface area contributed by atoms with Crippen LogP contribution in [0, 0.1) is 0 Å². The van der Waals surface area contributed by atoms with Crippen molar-refractivity contribution in [2.24, 2.45) is 7.05 Å². The van der Waals surface area contributed by atoms with Gasteiger partial charge in [-0.3, -0.25) is 4.21 Å². The van der Waals surface area contributed by atoms with Crippen molar-refractivity contribution in [2.75, 3.05) is 0 Å². The maximum Gasteiger partial charge on any atom is 0.417 e. The Bertz CT molecular complexity index is 1270. The number of rotatable bonds is 5. The van der Waals surface area contributed by atoms with Crippen LogP contribution in [0.25, 0.3) is 33.5 Å². The van der Waals surface area contributed by atoms with Gasteiger partial charge in [0.1, 0.15) is 5.69 Å². The first kappa shape index (κ1) is 21.2. The van der Waals surface area contributed by atoms with Crippen LogP contribution in [0.2, 0.25) is 0 Å². The number of hydrogen-bond acceptors (Lipinski definition) is 4. The van der Waals surface area contributed by atoms with E-state index in [0.717, 1.165) is 6.07 Å². The summed E-state index contributed by atoms with van der Waals surface area (Å²) in [4.78, 5) is 4.46. The van der Waals surface area contributed by atoms with E-state index in [1.54, 1.807) is 61.6 Å². The van der Waals surface area contributed by atoms with Crippen LogP contribution in [0.3, 0.4) is 0 Å². The largest absolute Gasteiger partial charge is 0.760 e. The first-order chi connectivity index (χ1) is 14.7. The number of benzene rings is 2. The Morgan fingerprint density at radius 3 is 2.45 bits per heavy atom. The van der Waals surface area contributed by atoms with Crippen molar-refractivity contribution in [3.05, 3.63) is 71.8 Å². The maximum absolute atomic E-state index is 14.1. The lowest BCUT2D eigenvalue weighted by Crippen LogP contribution is -2.15. The molecule has 10 heteroatoms. The van der Waals surface area contributed by atoms with Crippen molar-refractivity contribution >= 4 is 22.3 Å². The van der Waals surface area contributed by atoms with E-state index in [9.17, 15) is 21.9 Å². The lowest BCUT2D eigenvalue weighted by molar-refractivity contribution is -0.136. The fraction of sp³-hybridized carbons (Fsp3) is 0.143. The van der Waals surface area contributed by atoms with Gasteiger partial charge in [-0.15, -0.1) is 0 Å². The van der Waals surface area contributed by atoms with Crippen LogP contribution in [-0.4, -0.2) is 23.5 Å². The summed E-state index contributed by atoms with van der Waals surface area (Å²) in [5.41, 5.74) is 1.19. The average Bonchev–Trinajstić information content (AvgIpc) is 3.08. The molecule has 0 bridgehead atoms. The summed E-state index contributed by atoms with van der Waals surface area (Å²) < 4.78 is 67.2. The molecule has 2 aromatic heterocycles. The normalized spacial score (nSPS) is 12.9. The van der Waals surface area contributed by atoms with Gasteiger partial charge in [-0.2, -0.15) is 18.3 Å². The molecule has 0 spiro atoms. The molecule has 0 radical (unpaired) electrons. The molecule has 4 aromatic rings. The predicted octanol–water partition coefficient (Wildman–Crippen LogP) is 4.20. The minimum Gasteiger partial charge on any atom is -0.760 e. The highest BCUT2D eigenvalue weighted by molar-refractivity contribution is 7.77. The number of pyridine rings is 1. The van der Waals surface area contributed by atoms with E-state index in [2.05, 4.69) is 14.8 Å². The van der Waals surface area contributed by atoms with E-state index in [1.165, 1.54) is 4.68 Å². The standard InChI is InChI=1S/C21H17F3N4O2S/c1-28-20-18(19(27-28)14-7-3-2-4-8-14)16(21(22,23)24)11-17(26-20)15-9-5-6-13(10-15)12-25-31(29)30/h2-11,25H,12H2,1H3,(H,29,30)/p-1. The Morgan fingerprint density at radius 1 is 1.06 bits per heavy atom. The zero-order valence-electron chi connectivity index (χ0n) is 16.2. The summed E-state index contributed by atoms with van der Waals surface area (Å²) in [5.74, 6) is 0. The number of nitrogens with zero attached hydrogens (tertiary/aromatic N) is 3. The second-order valence-electron chi connectivity index (χ2n) is 6.85. The third-order valence-electron chi connectivity index (χ3n) is 4.76. The number of nitrogens with one attached hydrogen (secondary N) is 1. The monoisotopic (exact) mass is 445 g/mol. The molecule has 0 aliphatic carbocycles. The molecule has 0 saturated carbocycles. The molecule has 0 amide bonds. The summed E-state index contributed by atoms with van der Waals surface area (Å²) >= 11 is -2.45. The molecule has 2 heterocycles. The Labute approximate surface area is 178 Å². The van der Waals surface area contributed by atoms with Crippen molar-refractivity contribution in [3.63, 3.8) is 0 Å². The molecule has 0 aliphatic heterocycles. The van der Waals surface area contributed by atoms with Crippen molar-refractivity contribution in [1.82, 2.24) is 19.5 Å². The van der Waals surface area contributed by atoms with Crippen LogP contribution >= 0.6 is 0 Å². The fourth-order valence-corrected chi connectivity index (χ4v) is 3.68. The van der Waals surface area contributed by atoms with Gasteiger partial charge in [0, 0.05) is 36.0 Å². The Morgan fingerprint density at radius 2 is 1.77 bits per heavy atom.